The second-order valence-corrected chi connectivity index (χ2v) is 10.9. The van der Waals surface area contributed by atoms with Gasteiger partial charge in [-0.15, -0.1) is 0 Å². The van der Waals surface area contributed by atoms with Crippen molar-refractivity contribution in [2.24, 2.45) is 5.92 Å². The number of hydrogen-bond acceptors (Lipinski definition) is 3. The quantitative estimate of drug-likeness (QED) is 0.134. The highest BCUT2D eigenvalue weighted by atomic mass is 32.2. The lowest BCUT2D eigenvalue weighted by atomic mass is 10.0. The van der Waals surface area contributed by atoms with Crippen LogP contribution in [0.1, 0.15) is 117 Å². The fraction of sp³-hybridized carbons (Fsp3) is 1.00. The number of hydrogen-bond donors (Lipinski definition) is 2. The summed E-state index contributed by atoms with van der Waals surface area (Å²) in [5.74, 6) is 2.93. The van der Waals surface area contributed by atoms with E-state index in [2.05, 4.69) is 18.4 Å². The van der Waals surface area contributed by atoms with Gasteiger partial charge >= 0.3 is 7.82 Å². The van der Waals surface area contributed by atoms with Crippen LogP contribution >= 0.6 is 19.6 Å². The summed E-state index contributed by atoms with van der Waals surface area (Å²) in [7, 11) is -4.27. The molecule has 0 aliphatic carbocycles. The lowest BCUT2D eigenvalue weighted by Gasteiger charge is -2.05. The molecular formula is C22H47O4PS. The molecule has 0 unspecified atom stereocenters. The topological polar surface area (TPSA) is 66.8 Å². The molecule has 0 aromatic heterocycles. The van der Waals surface area contributed by atoms with E-state index < -0.39 is 7.82 Å². The number of unbranched alkanes of at least 4 members (excludes halogenated alkanes) is 13. The van der Waals surface area contributed by atoms with E-state index >= 15 is 0 Å². The highest BCUT2D eigenvalue weighted by molar-refractivity contribution is 7.99. The summed E-state index contributed by atoms with van der Waals surface area (Å²) in [5.41, 5.74) is 0. The van der Waals surface area contributed by atoms with Crippen molar-refractivity contribution in [2.75, 3.05) is 18.1 Å². The molecule has 6 heteroatoms. The van der Waals surface area contributed by atoms with Gasteiger partial charge in [0, 0.05) is 0 Å². The van der Waals surface area contributed by atoms with E-state index in [9.17, 15) is 4.57 Å². The van der Waals surface area contributed by atoms with Crippen molar-refractivity contribution < 1.29 is 18.9 Å². The van der Waals surface area contributed by atoms with E-state index in [1.54, 1.807) is 0 Å². The first kappa shape index (κ1) is 28.5. The summed E-state index contributed by atoms with van der Waals surface area (Å²) < 4.78 is 14.9. The summed E-state index contributed by atoms with van der Waals surface area (Å²) in [6, 6.07) is 0. The summed E-state index contributed by atoms with van der Waals surface area (Å²) in [6.07, 6.45) is 21.6. The van der Waals surface area contributed by atoms with Crippen molar-refractivity contribution in [3.63, 3.8) is 0 Å². The average molecular weight is 439 g/mol. The fourth-order valence-electron chi connectivity index (χ4n) is 3.32. The lowest BCUT2D eigenvalue weighted by Crippen LogP contribution is -1.94. The third-order valence-corrected chi connectivity index (χ3v) is 6.69. The average Bonchev–Trinajstić information content (AvgIpc) is 2.61. The normalized spacial score (nSPS) is 12.2. The predicted octanol–water partition coefficient (Wildman–Crippen LogP) is 7.73. The molecule has 0 atom stereocenters. The highest BCUT2D eigenvalue weighted by Gasteiger charge is 2.12. The smallest absolute Gasteiger partial charge is 0.303 e. The zero-order valence-electron chi connectivity index (χ0n) is 18.6. The standard InChI is InChI=1S/C22H47O4PS/c1-22(2)18-15-13-11-9-7-5-3-4-6-8-10-12-14-16-20-28-21-17-19-26-27(23,24)25/h22H,3-21H2,1-2H3,(H2,23,24,25). The molecule has 0 fully saturated rings. The fourth-order valence-corrected chi connectivity index (χ4v) is 4.63. The van der Waals surface area contributed by atoms with Gasteiger partial charge in [-0.05, 0) is 30.3 Å². The zero-order valence-corrected chi connectivity index (χ0v) is 20.3. The second kappa shape index (κ2) is 20.7. The van der Waals surface area contributed by atoms with Gasteiger partial charge in [0.25, 0.3) is 0 Å². The van der Waals surface area contributed by atoms with Crippen molar-refractivity contribution >= 4 is 19.6 Å². The number of phosphoric ester groups is 1. The molecule has 0 spiro atoms. The molecule has 0 amide bonds. The molecular weight excluding hydrogens is 391 g/mol. The Hall–Kier alpha value is 0.460. The molecule has 0 aliphatic heterocycles. The Morgan fingerprint density at radius 1 is 0.679 bits per heavy atom. The zero-order chi connectivity index (χ0) is 20.9. The van der Waals surface area contributed by atoms with Gasteiger partial charge in [0.05, 0.1) is 6.61 Å². The molecule has 28 heavy (non-hydrogen) atoms. The molecule has 2 N–H and O–H groups in total. The van der Waals surface area contributed by atoms with E-state index in [-0.39, 0.29) is 6.61 Å². The van der Waals surface area contributed by atoms with Crippen LogP contribution in [0.5, 0.6) is 0 Å². The van der Waals surface area contributed by atoms with Crippen LogP contribution in [0.3, 0.4) is 0 Å². The van der Waals surface area contributed by atoms with Crippen LogP contribution in [0.4, 0.5) is 0 Å². The van der Waals surface area contributed by atoms with Gasteiger partial charge in [0.15, 0.2) is 0 Å². The second-order valence-electron chi connectivity index (χ2n) is 8.42. The van der Waals surface area contributed by atoms with E-state index in [0.29, 0.717) is 6.42 Å². The maximum absolute atomic E-state index is 10.5. The summed E-state index contributed by atoms with van der Waals surface area (Å²) in [4.78, 5) is 17.1. The maximum atomic E-state index is 10.5. The van der Waals surface area contributed by atoms with Crippen LogP contribution in [0.25, 0.3) is 0 Å². The van der Waals surface area contributed by atoms with Gasteiger partial charge < -0.3 is 9.79 Å². The Balaban J connectivity index is 3.04. The number of rotatable bonds is 22. The molecule has 0 saturated carbocycles. The highest BCUT2D eigenvalue weighted by Crippen LogP contribution is 2.35. The first-order valence-corrected chi connectivity index (χ1v) is 14.4. The molecule has 0 rings (SSSR count). The summed E-state index contributed by atoms with van der Waals surface area (Å²) in [5, 5.41) is 0. The SMILES string of the molecule is CC(C)CCCCCCCCCCCCCCCCSCCCOP(=O)(O)O. The first-order valence-electron chi connectivity index (χ1n) is 11.7. The van der Waals surface area contributed by atoms with Gasteiger partial charge in [-0.2, -0.15) is 11.8 Å². The Kier molecular flexibility index (Phi) is 21.1. The van der Waals surface area contributed by atoms with Crippen LogP contribution < -0.4 is 0 Å². The summed E-state index contributed by atoms with van der Waals surface area (Å²) in [6.45, 7) is 4.79. The van der Waals surface area contributed by atoms with E-state index in [1.807, 2.05) is 11.8 Å². The van der Waals surface area contributed by atoms with Crippen molar-refractivity contribution in [3.05, 3.63) is 0 Å². The summed E-state index contributed by atoms with van der Waals surface area (Å²) >= 11 is 1.86. The Morgan fingerprint density at radius 2 is 1.07 bits per heavy atom. The molecule has 0 heterocycles. The predicted molar refractivity (Wildman–Crippen MR) is 124 cm³/mol. The van der Waals surface area contributed by atoms with E-state index in [4.69, 9.17) is 9.79 Å². The van der Waals surface area contributed by atoms with Crippen LogP contribution in [0, 0.1) is 5.92 Å². The minimum Gasteiger partial charge on any atom is -0.303 e. The van der Waals surface area contributed by atoms with Gasteiger partial charge in [0.2, 0.25) is 0 Å². The number of thioether (sulfide) groups is 1. The third-order valence-electron chi connectivity index (χ3n) is 5.01. The monoisotopic (exact) mass is 438 g/mol. The largest absolute Gasteiger partial charge is 0.469 e. The van der Waals surface area contributed by atoms with E-state index in [1.165, 1.54) is 96.3 Å². The Labute approximate surface area is 179 Å². The Morgan fingerprint density at radius 3 is 1.50 bits per heavy atom. The minimum absolute atomic E-state index is 0.148. The van der Waals surface area contributed by atoms with Crippen molar-refractivity contribution in [2.45, 2.75) is 117 Å². The third kappa shape index (κ3) is 26.5. The van der Waals surface area contributed by atoms with Gasteiger partial charge in [-0.3, -0.25) is 4.52 Å². The molecule has 0 aromatic carbocycles. The molecule has 170 valence electrons. The van der Waals surface area contributed by atoms with Gasteiger partial charge in [0.1, 0.15) is 0 Å². The maximum Gasteiger partial charge on any atom is 0.469 e. The molecule has 0 aromatic rings. The number of phosphoric acid groups is 1. The minimum atomic E-state index is -4.27. The molecule has 0 radical (unpaired) electrons. The molecule has 0 bridgehead atoms. The van der Waals surface area contributed by atoms with Crippen LogP contribution in [0.2, 0.25) is 0 Å². The van der Waals surface area contributed by atoms with Crippen molar-refractivity contribution in [1.29, 1.82) is 0 Å². The van der Waals surface area contributed by atoms with Crippen LogP contribution in [-0.2, 0) is 9.09 Å². The Bertz CT molecular complexity index is 360. The van der Waals surface area contributed by atoms with Gasteiger partial charge in [-0.25, -0.2) is 4.57 Å². The van der Waals surface area contributed by atoms with Crippen molar-refractivity contribution in [1.82, 2.24) is 0 Å². The molecule has 0 saturated heterocycles. The van der Waals surface area contributed by atoms with Gasteiger partial charge in [-0.1, -0.05) is 104 Å². The first-order chi connectivity index (χ1) is 13.4. The van der Waals surface area contributed by atoms with Crippen LogP contribution in [-0.4, -0.2) is 27.9 Å². The van der Waals surface area contributed by atoms with E-state index in [0.717, 1.165) is 17.4 Å². The lowest BCUT2D eigenvalue weighted by molar-refractivity contribution is 0.198. The molecule has 0 aliphatic rings. The molecule has 4 nitrogen and oxygen atoms in total. The van der Waals surface area contributed by atoms with Crippen molar-refractivity contribution in [3.8, 4) is 0 Å². The van der Waals surface area contributed by atoms with Crippen LogP contribution in [0.15, 0.2) is 0 Å².